The molecule has 2 aromatic rings. The van der Waals surface area contributed by atoms with Crippen LogP contribution in [0.15, 0.2) is 24.3 Å². The summed E-state index contributed by atoms with van der Waals surface area (Å²) >= 11 is 0.926. The Balaban J connectivity index is 1.77. The minimum atomic E-state index is -5.40. The molecule has 0 saturated carbocycles. The van der Waals surface area contributed by atoms with Crippen LogP contribution in [-0.2, 0) is 6.42 Å². The van der Waals surface area contributed by atoms with Gasteiger partial charge in [-0.1, -0.05) is 23.5 Å². The molecule has 26 heavy (non-hydrogen) atoms. The summed E-state index contributed by atoms with van der Waals surface area (Å²) in [5, 5.41) is 7.98. The summed E-state index contributed by atoms with van der Waals surface area (Å²) in [4.78, 5) is 0.965. The summed E-state index contributed by atoms with van der Waals surface area (Å²) in [6.45, 7) is -1.64. The highest BCUT2D eigenvalue weighted by molar-refractivity contribution is 7.15. The first kappa shape index (κ1) is 18.9. The number of nitrogens with zero attached hydrogens (tertiary/aromatic N) is 3. The maximum absolute atomic E-state index is 13.1. The standard InChI is InChI=1S/C15H12F7N3S/c16-10-3-1-9(2-4-10)7-11-23-24-12(26-11)25-6-5-13(8-25,14(17,18)19)15(20,21)22/h1-4H,5-8H2. The monoisotopic (exact) mass is 399 g/mol. The van der Waals surface area contributed by atoms with Gasteiger partial charge in [-0.25, -0.2) is 4.39 Å². The Morgan fingerprint density at radius 3 is 2.15 bits per heavy atom. The van der Waals surface area contributed by atoms with Gasteiger partial charge in [0.1, 0.15) is 10.8 Å². The molecule has 1 aromatic heterocycles. The van der Waals surface area contributed by atoms with Gasteiger partial charge in [-0.05, 0) is 24.1 Å². The van der Waals surface area contributed by atoms with Crippen molar-refractivity contribution < 1.29 is 30.7 Å². The second-order valence-electron chi connectivity index (χ2n) is 6.03. The molecule has 0 spiro atoms. The van der Waals surface area contributed by atoms with E-state index in [-0.39, 0.29) is 11.6 Å². The highest BCUT2D eigenvalue weighted by Crippen LogP contribution is 2.56. The van der Waals surface area contributed by atoms with Gasteiger partial charge in [0, 0.05) is 19.5 Å². The van der Waals surface area contributed by atoms with Gasteiger partial charge in [0.15, 0.2) is 5.41 Å². The molecular formula is C15H12F7N3S. The molecule has 0 N–H and O–H groups in total. The highest BCUT2D eigenvalue weighted by atomic mass is 32.1. The summed E-state index contributed by atoms with van der Waals surface area (Å²) in [6, 6.07) is 5.53. The third kappa shape index (κ3) is 3.36. The Morgan fingerprint density at radius 2 is 1.62 bits per heavy atom. The predicted molar refractivity (Wildman–Crippen MR) is 80.5 cm³/mol. The Morgan fingerprint density at radius 1 is 1.00 bits per heavy atom. The fourth-order valence-electron chi connectivity index (χ4n) is 2.82. The first-order valence-electron chi connectivity index (χ1n) is 7.47. The summed E-state index contributed by atoms with van der Waals surface area (Å²) in [5.74, 6) is -0.417. The summed E-state index contributed by atoms with van der Waals surface area (Å²) in [6.07, 6.45) is -11.6. The van der Waals surface area contributed by atoms with Gasteiger partial charge in [-0.2, -0.15) is 26.3 Å². The van der Waals surface area contributed by atoms with E-state index in [0.717, 1.165) is 16.2 Å². The fraction of sp³-hybridized carbons (Fsp3) is 0.467. The Hall–Kier alpha value is -1.91. The number of benzene rings is 1. The molecular weight excluding hydrogens is 387 g/mol. The summed E-state index contributed by atoms with van der Waals surface area (Å²) in [5.41, 5.74) is -3.06. The lowest BCUT2D eigenvalue weighted by atomic mass is 9.85. The van der Waals surface area contributed by atoms with Gasteiger partial charge < -0.3 is 4.90 Å². The topological polar surface area (TPSA) is 29.0 Å². The zero-order chi connectivity index (χ0) is 19.2. The predicted octanol–water partition coefficient (Wildman–Crippen LogP) is 4.59. The molecule has 0 bridgehead atoms. The maximum Gasteiger partial charge on any atom is 0.404 e. The maximum atomic E-state index is 13.1. The highest BCUT2D eigenvalue weighted by Gasteiger charge is 2.72. The van der Waals surface area contributed by atoms with E-state index in [1.165, 1.54) is 24.3 Å². The van der Waals surface area contributed by atoms with Crippen LogP contribution in [0.5, 0.6) is 0 Å². The minimum absolute atomic E-state index is 0.0116. The van der Waals surface area contributed by atoms with Crippen LogP contribution in [0, 0.1) is 11.2 Å². The SMILES string of the molecule is Fc1ccc(Cc2nnc(N3CCC(C(F)(F)F)(C(F)(F)F)C3)s2)cc1. The van der Waals surface area contributed by atoms with Gasteiger partial charge in [0.05, 0.1) is 0 Å². The molecule has 0 amide bonds. The van der Waals surface area contributed by atoms with Crippen molar-refractivity contribution in [2.24, 2.45) is 5.41 Å². The van der Waals surface area contributed by atoms with Crippen molar-refractivity contribution in [3.8, 4) is 0 Å². The van der Waals surface area contributed by atoms with Crippen molar-refractivity contribution in [2.75, 3.05) is 18.0 Å². The first-order valence-corrected chi connectivity index (χ1v) is 8.29. The molecule has 1 aromatic carbocycles. The summed E-state index contributed by atoms with van der Waals surface area (Å²) in [7, 11) is 0. The average molecular weight is 399 g/mol. The molecule has 1 aliphatic rings. The van der Waals surface area contributed by atoms with E-state index in [4.69, 9.17) is 0 Å². The molecule has 0 radical (unpaired) electrons. The van der Waals surface area contributed by atoms with Crippen LogP contribution in [0.3, 0.4) is 0 Å². The second-order valence-corrected chi connectivity index (χ2v) is 7.07. The van der Waals surface area contributed by atoms with Gasteiger partial charge >= 0.3 is 12.4 Å². The number of halogens is 7. The molecule has 3 rings (SSSR count). The number of anilines is 1. The van der Waals surface area contributed by atoms with E-state index < -0.39 is 43.1 Å². The number of rotatable bonds is 3. The normalized spacial score (nSPS) is 17.7. The van der Waals surface area contributed by atoms with Gasteiger partial charge in [0.25, 0.3) is 0 Å². The van der Waals surface area contributed by atoms with Crippen LogP contribution >= 0.6 is 11.3 Å². The molecule has 3 nitrogen and oxygen atoms in total. The third-order valence-corrected chi connectivity index (χ3v) is 5.33. The van der Waals surface area contributed by atoms with Crippen LogP contribution in [0.1, 0.15) is 17.0 Å². The average Bonchev–Trinajstić information content (AvgIpc) is 3.15. The molecule has 11 heteroatoms. The smallest absolute Gasteiger partial charge is 0.345 e. The largest absolute Gasteiger partial charge is 0.404 e. The molecule has 0 unspecified atom stereocenters. The third-order valence-electron chi connectivity index (χ3n) is 4.35. The Kier molecular flexibility index (Phi) is 4.62. The fourth-order valence-corrected chi connectivity index (χ4v) is 3.72. The summed E-state index contributed by atoms with van der Waals surface area (Å²) < 4.78 is 91.6. The van der Waals surface area contributed by atoms with E-state index in [9.17, 15) is 30.7 Å². The van der Waals surface area contributed by atoms with Crippen LogP contribution in [0.2, 0.25) is 0 Å². The van der Waals surface area contributed by atoms with Crippen molar-refractivity contribution in [3.63, 3.8) is 0 Å². The molecule has 1 aliphatic heterocycles. The Bertz CT molecular complexity index is 753. The van der Waals surface area contributed by atoms with Gasteiger partial charge in [-0.15, -0.1) is 10.2 Å². The van der Waals surface area contributed by atoms with Crippen LogP contribution < -0.4 is 4.90 Å². The van der Waals surface area contributed by atoms with Crippen molar-refractivity contribution in [2.45, 2.75) is 25.2 Å². The van der Waals surface area contributed by atoms with Crippen LogP contribution in [0.4, 0.5) is 35.9 Å². The van der Waals surface area contributed by atoms with E-state index in [0.29, 0.717) is 10.6 Å². The van der Waals surface area contributed by atoms with Crippen LogP contribution in [0.25, 0.3) is 0 Å². The number of aromatic nitrogens is 2. The van der Waals surface area contributed by atoms with E-state index in [2.05, 4.69) is 10.2 Å². The molecule has 1 fully saturated rings. The van der Waals surface area contributed by atoms with E-state index in [1.807, 2.05) is 0 Å². The van der Waals surface area contributed by atoms with Gasteiger partial charge in [0.2, 0.25) is 5.13 Å². The first-order chi connectivity index (χ1) is 12.0. The van der Waals surface area contributed by atoms with Gasteiger partial charge in [-0.3, -0.25) is 0 Å². The van der Waals surface area contributed by atoms with Crippen molar-refractivity contribution in [1.82, 2.24) is 10.2 Å². The zero-order valence-corrected chi connectivity index (χ0v) is 13.8. The molecule has 1 saturated heterocycles. The van der Waals surface area contributed by atoms with E-state index in [1.54, 1.807) is 0 Å². The van der Waals surface area contributed by atoms with Crippen molar-refractivity contribution in [1.29, 1.82) is 0 Å². The van der Waals surface area contributed by atoms with Crippen molar-refractivity contribution >= 4 is 16.5 Å². The minimum Gasteiger partial charge on any atom is -0.345 e. The van der Waals surface area contributed by atoms with E-state index >= 15 is 0 Å². The lowest BCUT2D eigenvalue weighted by Crippen LogP contribution is -2.51. The quantitative estimate of drug-likeness (QED) is 0.707. The van der Waals surface area contributed by atoms with Crippen LogP contribution in [-0.4, -0.2) is 35.6 Å². The number of hydrogen-bond donors (Lipinski definition) is 0. The zero-order valence-electron chi connectivity index (χ0n) is 13.0. The molecule has 2 heterocycles. The Labute approximate surface area is 147 Å². The molecule has 0 atom stereocenters. The van der Waals surface area contributed by atoms with Crippen molar-refractivity contribution in [3.05, 3.63) is 40.7 Å². The number of hydrogen-bond acceptors (Lipinski definition) is 4. The lowest BCUT2D eigenvalue weighted by molar-refractivity contribution is -0.332. The molecule has 0 aliphatic carbocycles. The number of alkyl halides is 6. The lowest BCUT2D eigenvalue weighted by Gasteiger charge is -2.33. The molecule has 142 valence electrons. The second kappa shape index (κ2) is 6.36.